The van der Waals surface area contributed by atoms with Gasteiger partial charge in [0.2, 0.25) is 0 Å². The number of nitrogens with zero attached hydrogens (tertiary/aromatic N) is 1. The van der Waals surface area contributed by atoms with Gasteiger partial charge in [-0.25, -0.2) is 4.79 Å². The summed E-state index contributed by atoms with van der Waals surface area (Å²) >= 11 is 0. The van der Waals surface area contributed by atoms with Crippen LogP contribution in [0, 0.1) is 5.92 Å². The molecule has 0 aliphatic rings. The summed E-state index contributed by atoms with van der Waals surface area (Å²) in [5.41, 5.74) is 0. The van der Waals surface area contributed by atoms with Crippen LogP contribution in [0.5, 0.6) is 0 Å². The van der Waals surface area contributed by atoms with E-state index in [0.717, 1.165) is 19.4 Å². The minimum absolute atomic E-state index is 0.0473. The fourth-order valence-corrected chi connectivity index (χ4v) is 1.59. The van der Waals surface area contributed by atoms with Crippen LogP contribution in [0.4, 0.5) is 4.79 Å². The Morgan fingerprint density at radius 1 is 1.28 bits per heavy atom. The first kappa shape index (κ1) is 16.7. The van der Waals surface area contributed by atoms with Crippen LogP contribution in [-0.2, 0) is 4.79 Å². The molecule has 0 aromatic rings. The zero-order valence-corrected chi connectivity index (χ0v) is 11.7. The minimum atomic E-state index is -0.778. The summed E-state index contributed by atoms with van der Waals surface area (Å²) in [4.78, 5) is 24.1. The number of aliphatic carboxylic acids is 1. The summed E-state index contributed by atoms with van der Waals surface area (Å²) in [5.74, 6) is -1.12. The average molecular weight is 258 g/mol. The van der Waals surface area contributed by atoms with E-state index in [9.17, 15) is 9.59 Å². The first-order chi connectivity index (χ1) is 8.52. The predicted molar refractivity (Wildman–Crippen MR) is 71.6 cm³/mol. The fraction of sp³-hybridized carbons (Fsp3) is 0.846. The second kappa shape index (κ2) is 9.74. The van der Waals surface area contributed by atoms with Crippen LogP contribution in [0.3, 0.4) is 0 Å². The number of urea groups is 1. The lowest BCUT2D eigenvalue weighted by atomic mass is 10.1. The third-order valence-electron chi connectivity index (χ3n) is 2.96. The summed E-state index contributed by atoms with van der Waals surface area (Å²) in [6.07, 6.45) is 3.37. The second-order valence-corrected chi connectivity index (χ2v) is 4.55. The number of rotatable bonds is 9. The number of hydrogen-bond acceptors (Lipinski definition) is 2. The molecular formula is C13H26N2O3. The number of hydrogen-bond donors (Lipinski definition) is 2. The van der Waals surface area contributed by atoms with Crippen molar-refractivity contribution in [3.8, 4) is 0 Å². The number of carboxylic acids is 1. The molecule has 2 amide bonds. The molecule has 0 radical (unpaired) electrons. The highest BCUT2D eigenvalue weighted by Crippen LogP contribution is 2.04. The lowest BCUT2D eigenvalue weighted by molar-refractivity contribution is -0.141. The Hall–Kier alpha value is -1.26. The molecule has 1 unspecified atom stereocenters. The van der Waals surface area contributed by atoms with E-state index in [2.05, 4.69) is 12.2 Å². The van der Waals surface area contributed by atoms with Gasteiger partial charge in [-0.1, -0.05) is 20.3 Å². The average Bonchev–Trinajstić information content (AvgIpc) is 2.35. The lowest BCUT2D eigenvalue weighted by Crippen LogP contribution is -2.40. The molecule has 0 saturated heterocycles. The molecule has 2 N–H and O–H groups in total. The smallest absolute Gasteiger partial charge is 0.317 e. The van der Waals surface area contributed by atoms with Gasteiger partial charge in [-0.15, -0.1) is 0 Å². The van der Waals surface area contributed by atoms with Crippen molar-refractivity contribution in [3.63, 3.8) is 0 Å². The summed E-state index contributed by atoms with van der Waals surface area (Å²) in [6.45, 7) is 7.77. The Kier molecular flexibility index (Phi) is 9.06. The van der Waals surface area contributed by atoms with Crippen molar-refractivity contribution in [1.29, 1.82) is 0 Å². The van der Waals surface area contributed by atoms with E-state index in [1.807, 2.05) is 6.92 Å². The van der Waals surface area contributed by atoms with E-state index in [1.54, 1.807) is 11.8 Å². The van der Waals surface area contributed by atoms with Gasteiger partial charge in [0, 0.05) is 19.6 Å². The van der Waals surface area contributed by atoms with E-state index in [-0.39, 0.29) is 11.9 Å². The Bertz CT molecular complexity index is 257. The lowest BCUT2D eigenvalue weighted by Gasteiger charge is -2.21. The molecule has 0 bridgehead atoms. The number of nitrogens with one attached hydrogen (secondary N) is 1. The van der Waals surface area contributed by atoms with E-state index in [0.29, 0.717) is 25.9 Å². The Morgan fingerprint density at radius 2 is 1.94 bits per heavy atom. The van der Waals surface area contributed by atoms with Gasteiger partial charge >= 0.3 is 12.0 Å². The molecule has 0 rings (SSSR count). The standard InChI is InChI=1S/C13H26N2O3/c1-4-6-10-15(5-2)13(18)14-9-7-8-11(3)12(16)17/h11H,4-10H2,1-3H3,(H,14,18)(H,16,17). The molecule has 1 atom stereocenters. The molecule has 5 nitrogen and oxygen atoms in total. The Morgan fingerprint density at radius 3 is 2.44 bits per heavy atom. The quantitative estimate of drug-likeness (QED) is 0.623. The number of carboxylic acid groups (broad SMARTS) is 1. The molecule has 0 aliphatic heterocycles. The first-order valence-electron chi connectivity index (χ1n) is 6.78. The molecule has 5 heteroatoms. The second-order valence-electron chi connectivity index (χ2n) is 4.55. The van der Waals surface area contributed by atoms with Crippen LogP contribution >= 0.6 is 0 Å². The van der Waals surface area contributed by atoms with E-state index < -0.39 is 5.97 Å². The van der Waals surface area contributed by atoms with Crippen molar-refractivity contribution < 1.29 is 14.7 Å². The van der Waals surface area contributed by atoms with Crippen LogP contribution in [0.2, 0.25) is 0 Å². The van der Waals surface area contributed by atoms with Crippen molar-refractivity contribution in [2.45, 2.75) is 46.5 Å². The van der Waals surface area contributed by atoms with Crippen LogP contribution in [-0.4, -0.2) is 41.6 Å². The van der Waals surface area contributed by atoms with Gasteiger partial charge in [0.25, 0.3) is 0 Å². The molecule has 0 spiro atoms. The van der Waals surface area contributed by atoms with E-state index >= 15 is 0 Å². The molecule has 0 fully saturated rings. The number of unbranched alkanes of at least 4 members (excludes halogenated alkanes) is 1. The van der Waals surface area contributed by atoms with Gasteiger partial charge in [0.05, 0.1) is 5.92 Å². The molecule has 0 aliphatic carbocycles. The van der Waals surface area contributed by atoms with Crippen molar-refractivity contribution in [1.82, 2.24) is 10.2 Å². The molecule has 0 aromatic heterocycles. The van der Waals surface area contributed by atoms with Gasteiger partial charge < -0.3 is 15.3 Å². The molecule has 106 valence electrons. The van der Waals surface area contributed by atoms with Gasteiger partial charge in [0.15, 0.2) is 0 Å². The van der Waals surface area contributed by atoms with Crippen LogP contribution in [0.15, 0.2) is 0 Å². The SMILES string of the molecule is CCCCN(CC)C(=O)NCCCC(C)C(=O)O. The maximum atomic E-state index is 11.8. The highest BCUT2D eigenvalue weighted by molar-refractivity contribution is 5.74. The topological polar surface area (TPSA) is 69.6 Å². The predicted octanol–water partition coefficient (Wildman–Crippen LogP) is 2.32. The van der Waals surface area contributed by atoms with Crippen molar-refractivity contribution in [2.75, 3.05) is 19.6 Å². The van der Waals surface area contributed by atoms with Crippen LogP contribution in [0.1, 0.15) is 46.5 Å². The molecule has 0 aromatic carbocycles. The fourth-order valence-electron chi connectivity index (χ4n) is 1.59. The molecular weight excluding hydrogens is 232 g/mol. The summed E-state index contributed by atoms with van der Waals surface area (Å²) in [6, 6.07) is -0.0473. The Labute approximate surface area is 110 Å². The number of amides is 2. The van der Waals surface area contributed by atoms with Crippen LogP contribution < -0.4 is 5.32 Å². The van der Waals surface area contributed by atoms with Gasteiger partial charge in [-0.3, -0.25) is 4.79 Å². The third kappa shape index (κ3) is 7.14. The zero-order chi connectivity index (χ0) is 14.0. The summed E-state index contributed by atoms with van der Waals surface area (Å²) in [7, 11) is 0. The number of carbonyl (C=O) groups is 2. The van der Waals surface area contributed by atoms with Gasteiger partial charge in [0.1, 0.15) is 0 Å². The summed E-state index contributed by atoms with van der Waals surface area (Å²) < 4.78 is 0. The molecule has 18 heavy (non-hydrogen) atoms. The van der Waals surface area contributed by atoms with E-state index in [4.69, 9.17) is 5.11 Å². The third-order valence-corrected chi connectivity index (χ3v) is 2.96. The zero-order valence-electron chi connectivity index (χ0n) is 11.7. The monoisotopic (exact) mass is 258 g/mol. The van der Waals surface area contributed by atoms with Crippen molar-refractivity contribution >= 4 is 12.0 Å². The highest BCUT2D eigenvalue weighted by atomic mass is 16.4. The highest BCUT2D eigenvalue weighted by Gasteiger charge is 2.12. The molecule has 0 heterocycles. The number of carbonyl (C=O) groups excluding carboxylic acids is 1. The minimum Gasteiger partial charge on any atom is -0.481 e. The van der Waals surface area contributed by atoms with Crippen molar-refractivity contribution in [2.24, 2.45) is 5.92 Å². The maximum absolute atomic E-state index is 11.8. The normalized spacial score (nSPS) is 11.9. The summed E-state index contributed by atoms with van der Waals surface area (Å²) in [5, 5.41) is 11.5. The van der Waals surface area contributed by atoms with Gasteiger partial charge in [-0.05, 0) is 26.2 Å². The van der Waals surface area contributed by atoms with Gasteiger partial charge in [-0.2, -0.15) is 0 Å². The van der Waals surface area contributed by atoms with E-state index in [1.165, 1.54) is 0 Å². The molecule has 0 saturated carbocycles. The van der Waals surface area contributed by atoms with Crippen molar-refractivity contribution in [3.05, 3.63) is 0 Å². The largest absolute Gasteiger partial charge is 0.481 e. The van der Waals surface area contributed by atoms with Crippen LogP contribution in [0.25, 0.3) is 0 Å². The Balaban J connectivity index is 3.77. The maximum Gasteiger partial charge on any atom is 0.317 e. The first-order valence-corrected chi connectivity index (χ1v) is 6.78.